The van der Waals surface area contributed by atoms with Gasteiger partial charge < -0.3 is 9.88 Å². The largest absolute Gasteiger partial charge is 0.351 e. The Kier molecular flexibility index (Phi) is 3.24. The first-order valence-corrected chi connectivity index (χ1v) is 5.48. The minimum Gasteiger partial charge on any atom is -0.351 e. The van der Waals surface area contributed by atoms with Gasteiger partial charge in [-0.25, -0.2) is 4.98 Å². The van der Waals surface area contributed by atoms with Gasteiger partial charge in [-0.2, -0.15) is 5.10 Å². The second kappa shape index (κ2) is 4.83. The maximum Gasteiger partial charge on any atom is 0.203 e. The molecule has 16 heavy (non-hydrogen) atoms. The molecule has 5 nitrogen and oxygen atoms in total. The van der Waals surface area contributed by atoms with Gasteiger partial charge in [0.15, 0.2) is 0 Å². The van der Waals surface area contributed by atoms with Gasteiger partial charge in [0.05, 0.1) is 6.20 Å². The van der Waals surface area contributed by atoms with Gasteiger partial charge in [-0.1, -0.05) is 13.8 Å². The summed E-state index contributed by atoms with van der Waals surface area (Å²) in [6.45, 7) is 6.11. The van der Waals surface area contributed by atoms with Crippen LogP contribution in [0.5, 0.6) is 0 Å². The Hall–Kier alpha value is -1.78. The van der Waals surface area contributed by atoms with Crippen LogP contribution in [0.3, 0.4) is 0 Å². The molecule has 0 unspecified atom stereocenters. The molecule has 2 heterocycles. The number of imidazole rings is 1. The summed E-state index contributed by atoms with van der Waals surface area (Å²) in [5, 5.41) is 9.98. The highest BCUT2D eigenvalue weighted by molar-refractivity contribution is 5.27. The van der Waals surface area contributed by atoms with E-state index in [0.717, 1.165) is 24.6 Å². The van der Waals surface area contributed by atoms with Crippen LogP contribution in [0.2, 0.25) is 0 Å². The molecule has 0 bridgehead atoms. The zero-order valence-corrected chi connectivity index (χ0v) is 9.64. The average molecular weight is 219 g/mol. The number of rotatable bonds is 5. The van der Waals surface area contributed by atoms with E-state index in [9.17, 15) is 0 Å². The van der Waals surface area contributed by atoms with Crippen LogP contribution in [0.15, 0.2) is 24.8 Å². The van der Waals surface area contributed by atoms with Crippen molar-refractivity contribution in [1.29, 1.82) is 0 Å². The van der Waals surface area contributed by atoms with Crippen molar-refractivity contribution in [3.8, 4) is 0 Å². The van der Waals surface area contributed by atoms with Crippen molar-refractivity contribution in [2.24, 2.45) is 5.92 Å². The number of hydrogen-bond acceptors (Lipinski definition) is 3. The summed E-state index contributed by atoms with van der Waals surface area (Å²) in [5.74, 6) is 1.53. The quantitative estimate of drug-likeness (QED) is 0.807. The van der Waals surface area contributed by atoms with Crippen molar-refractivity contribution in [2.75, 3.05) is 5.32 Å². The molecular formula is C11H17N5. The lowest BCUT2D eigenvalue weighted by Crippen LogP contribution is -2.09. The SMILES string of the molecule is CC(C)Cn1ccnc1NCc1cn[nH]c1. The van der Waals surface area contributed by atoms with Crippen LogP contribution in [0.25, 0.3) is 0 Å². The molecule has 0 aromatic carbocycles. The smallest absolute Gasteiger partial charge is 0.203 e. The predicted molar refractivity (Wildman–Crippen MR) is 63.0 cm³/mol. The third-order valence-corrected chi connectivity index (χ3v) is 2.28. The molecule has 0 fully saturated rings. The molecule has 2 N–H and O–H groups in total. The molecule has 0 aliphatic carbocycles. The van der Waals surface area contributed by atoms with Crippen molar-refractivity contribution in [2.45, 2.75) is 26.9 Å². The summed E-state index contributed by atoms with van der Waals surface area (Å²) >= 11 is 0. The first-order chi connectivity index (χ1) is 7.75. The normalized spacial score (nSPS) is 10.9. The highest BCUT2D eigenvalue weighted by Crippen LogP contribution is 2.09. The third kappa shape index (κ3) is 2.62. The van der Waals surface area contributed by atoms with E-state index in [4.69, 9.17) is 0 Å². The van der Waals surface area contributed by atoms with Gasteiger partial charge in [0.25, 0.3) is 0 Å². The van der Waals surface area contributed by atoms with E-state index in [1.165, 1.54) is 0 Å². The zero-order chi connectivity index (χ0) is 11.4. The van der Waals surface area contributed by atoms with E-state index in [1.807, 2.05) is 24.8 Å². The number of nitrogens with one attached hydrogen (secondary N) is 2. The Labute approximate surface area is 94.9 Å². The maximum atomic E-state index is 4.29. The third-order valence-electron chi connectivity index (χ3n) is 2.28. The molecule has 0 saturated heterocycles. The van der Waals surface area contributed by atoms with Crippen molar-refractivity contribution >= 4 is 5.95 Å². The van der Waals surface area contributed by atoms with Crippen molar-refractivity contribution in [3.63, 3.8) is 0 Å². The predicted octanol–water partition coefficient (Wildman–Crippen LogP) is 1.87. The molecule has 0 aliphatic heterocycles. The number of anilines is 1. The van der Waals surface area contributed by atoms with Gasteiger partial charge in [0, 0.05) is 37.2 Å². The first-order valence-electron chi connectivity index (χ1n) is 5.48. The Balaban J connectivity index is 1.96. The van der Waals surface area contributed by atoms with Crippen LogP contribution >= 0.6 is 0 Å². The molecule has 5 heteroatoms. The summed E-state index contributed by atoms with van der Waals surface area (Å²) in [4.78, 5) is 4.29. The average Bonchev–Trinajstić information content (AvgIpc) is 2.84. The molecule has 0 radical (unpaired) electrons. The van der Waals surface area contributed by atoms with E-state index in [-0.39, 0.29) is 0 Å². The lowest BCUT2D eigenvalue weighted by atomic mass is 10.2. The molecule has 0 saturated carbocycles. The maximum absolute atomic E-state index is 4.29. The minimum absolute atomic E-state index is 0.615. The van der Waals surface area contributed by atoms with Crippen molar-refractivity contribution in [1.82, 2.24) is 19.7 Å². The summed E-state index contributed by atoms with van der Waals surface area (Å²) in [6.07, 6.45) is 7.50. The summed E-state index contributed by atoms with van der Waals surface area (Å²) in [5.41, 5.74) is 1.12. The van der Waals surface area contributed by atoms with E-state index in [0.29, 0.717) is 5.92 Å². The Bertz CT molecular complexity index is 415. The number of aromatic nitrogens is 4. The summed E-state index contributed by atoms with van der Waals surface area (Å²) < 4.78 is 2.13. The molecule has 0 spiro atoms. The number of hydrogen-bond donors (Lipinski definition) is 2. The topological polar surface area (TPSA) is 58.5 Å². The van der Waals surface area contributed by atoms with Gasteiger partial charge in [0.1, 0.15) is 0 Å². The van der Waals surface area contributed by atoms with E-state index in [1.54, 1.807) is 0 Å². The Morgan fingerprint density at radius 1 is 1.50 bits per heavy atom. The first kappa shape index (κ1) is 10.7. The second-order valence-electron chi connectivity index (χ2n) is 4.26. The van der Waals surface area contributed by atoms with Crippen LogP contribution in [-0.4, -0.2) is 19.7 Å². The molecule has 0 atom stereocenters. The van der Waals surface area contributed by atoms with E-state index < -0.39 is 0 Å². The van der Waals surface area contributed by atoms with Gasteiger partial charge in [-0.05, 0) is 5.92 Å². The Morgan fingerprint density at radius 3 is 3.06 bits per heavy atom. The van der Waals surface area contributed by atoms with Crippen LogP contribution in [0.1, 0.15) is 19.4 Å². The molecule has 2 rings (SSSR count). The van der Waals surface area contributed by atoms with Crippen molar-refractivity contribution < 1.29 is 0 Å². The van der Waals surface area contributed by atoms with Crippen LogP contribution in [0.4, 0.5) is 5.95 Å². The lowest BCUT2D eigenvalue weighted by Gasteiger charge is -2.10. The molecule has 0 amide bonds. The molecule has 0 aliphatic rings. The van der Waals surface area contributed by atoms with Gasteiger partial charge in [-0.3, -0.25) is 5.10 Å². The highest BCUT2D eigenvalue weighted by atomic mass is 15.2. The van der Waals surface area contributed by atoms with Crippen LogP contribution < -0.4 is 5.32 Å². The van der Waals surface area contributed by atoms with Gasteiger partial charge in [0.2, 0.25) is 5.95 Å². The highest BCUT2D eigenvalue weighted by Gasteiger charge is 2.04. The van der Waals surface area contributed by atoms with Crippen molar-refractivity contribution in [3.05, 3.63) is 30.4 Å². The molecular weight excluding hydrogens is 202 g/mol. The fourth-order valence-corrected chi connectivity index (χ4v) is 1.57. The number of nitrogens with zero attached hydrogens (tertiary/aromatic N) is 3. The number of aromatic amines is 1. The monoisotopic (exact) mass is 219 g/mol. The molecule has 86 valence electrons. The second-order valence-corrected chi connectivity index (χ2v) is 4.26. The summed E-state index contributed by atoms with van der Waals surface area (Å²) in [7, 11) is 0. The van der Waals surface area contributed by atoms with Gasteiger partial charge >= 0.3 is 0 Å². The van der Waals surface area contributed by atoms with Crippen LogP contribution in [0, 0.1) is 5.92 Å². The van der Waals surface area contributed by atoms with Gasteiger partial charge in [-0.15, -0.1) is 0 Å². The van der Waals surface area contributed by atoms with E-state index >= 15 is 0 Å². The zero-order valence-electron chi connectivity index (χ0n) is 9.64. The minimum atomic E-state index is 0.615. The van der Waals surface area contributed by atoms with Crippen LogP contribution in [-0.2, 0) is 13.1 Å². The molecule has 2 aromatic heterocycles. The van der Waals surface area contributed by atoms with E-state index in [2.05, 4.69) is 38.9 Å². The lowest BCUT2D eigenvalue weighted by molar-refractivity contribution is 0.526. The standard InChI is InChI=1S/C11H17N5/c1-9(2)8-16-4-3-12-11(16)13-5-10-6-14-15-7-10/h3-4,6-7,9H,5,8H2,1-2H3,(H,12,13)(H,14,15). The Morgan fingerprint density at radius 2 is 2.38 bits per heavy atom. The molecule has 2 aromatic rings. The fraction of sp³-hybridized carbons (Fsp3) is 0.455. The fourth-order valence-electron chi connectivity index (χ4n) is 1.57. The number of H-pyrrole nitrogens is 1. The summed E-state index contributed by atoms with van der Waals surface area (Å²) in [6, 6.07) is 0.